The van der Waals surface area contributed by atoms with E-state index >= 15 is 0 Å². The third-order valence-electron chi connectivity index (χ3n) is 2.91. The quantitative estimate of drug-likeness (QED) is 0.534. The van der Waals surface area contributed by atoms with Crippen LogP contribution < -0.4 is 0 Å². The largest absolute Gasteiger partial charge is 0.411 e. The lowest BCUT2D eigenvalue weighted by atomic mass is 9.82. The van der Waals surface area contributed by atoms with Gasteiger partial charge in [-0.05, 0) is 24.8 Å². The predicted octanol–water partition coefficient (Wildman–Crippen LogP) is 3.17. The maximum Gasteiger partial charge on any atom is 0.0645 e. The molecule has 2 heteroatoms. The van der Waals surface area contributed by atoms with Gasteiger partial charge >= 0.3 is 0 Å². The summed E-state index contributed by atoms with van der Waals surface area (Å²) in [7, 11) is 0. The zero-order valence-corrected chi connectivity index (χ0v) is 8.19. The maximum atomic E-state index is 8.91. The smallest absolute Gasteiger partial charge is 0.0645 e. The predicted molar refractivity (Wildman–Crippen MR) is 56.9 cm³/mol. The summed E-state index contributed by atoms with van der Waals surface area (Å²) < 4.78 is 0. The van der Waals surface area contributed by atoms with Crippen molar-refractivity contribution >= 4 is 5.71 Å². The van der Waals surface area contributed by atoms with E-state index in [1.165, 1.54) is 12.0 Å². The van der Waals surface area contributed by atoms with Crippen molar-refractivity contribution in [3.8, 4) is 0 Å². The number of rotatable bonds is 1. The zero-order chi connectivity index (χ0) is 9.80. The molecule has 1 aromatic carbocycles. The molecule has 1 atom stereocenters. The Kier molecular flexibility index (Phi) is 2.82. The summed E-state index contributed by atoms with van der Waals surface area (Å²) in [6.07, 6.45) is 4.45. The molecule has 2 rings (SSSR count). The van der Waals surface area contributed by atoms with Crippen molar-refractivity contribution in [2.45, 2.75) is 31.6 Å². The van der Waals surface area contributed by atoms with E-state index in [4.69, 9.17) is 5.21 Å². The summed E-state index contributed by atoms with van der Waals surface area (Å²) >= 11 is 0. The average molecular weight is 189 g/mol. The Balaban J connectivity index is 2.24. The third-order valence-corrected chi connectivity index (χ3v) is 2.91. The fraction of sp³-hybridized carbons (Fsp3) is 0.417. The van der Waals surface area contributed by atoms with E-state index in [2.05, 4.69) is 17.3 Å². The summed E-state index contributed by atoms with van der Waals surface area (Å²) in [5.74, 6) is 0.343. The van der Waals surface area contributed by atoms with E-state index in [9.17, 15) is 0 Å². The van der Waals surface area contributed by atoms with Crippen molar-refractivity contribution in [2.24, 2.45) is 5.16 Å². The number of oxime groups is 1. The van der Waals surface area contributed by atoms with Crippen LogP contribution in [0.15, 0.2) is 35.5 Å². The Labute approximate surface area is 84.3 Å². The zero-order valence-electron chi connectivity index (χ0n) is 8.19. The molecular formula is C12H15NO. The fourth-order valence-electron chi connectivity index (χ4n) is 2.16. The molecule has 1 aliphatic carbocycles. The molecule has 1 fully saturated rings. The molecule has 0 spiro atoms. The lowest BCUT2D eigenvalue weighted by Gasteiger charge is -2.23. The van der Waals surface area contributed by atoms with Gasteiger partial charge in [-0.15, -0.1) is 0 Å². The van der Waals surface area contributed by atoms with Gasteiger partial charge in [-0.25, -0.2) is 0 Å². The first-order valence-electron chi connectivity index (χ1n) is 5.17. The van der Waals surface area contributed by atoms with Gasteiger partial charge in [0.05, 0.1) is 5.71 Å². The maximum absolute atomic E-state index is 8.91. The highest BCUT2D eigenvalue weighted by atomic mass is 16.4. The molecule has 1 aromatic rings. The van der Waals surface area contributed by atoms with Gasteiger partial charge in [0.25, 0.3) is 0 Å². The highest BCUT2D eigenvalue weighted by Crippen LogP contribution is 2.30. The van der Waals surface area contributed by atoms with Crippen LogP contribution in [0.1, 0.15) is 37.2 Å². The Morgan fingerprint density at radius 2 is 1.93 bits per heavy atom. The summed E-state index contributed by atoms with van der Waals surface area (Å²) in [6, 6.07) is 10.3. The molecule has 0 aromatic heterocycles. The molecule has 0 aliphatic heterocycles. The van der Waals surface area contributed by atoms with E-state index < -0.39 is 0 Å². The minimum absolute atomic E-state index is 0.343. The van der Waals surface area contributed by atoms with Crippen LogP contribution in [-0.2, 0) is 0 Å². The van der Waals surface area contributed by atoms with Crippen LogP contribution in [-0.4, -0.2) is 10.9 Å². The summed E-state index contributed by atoms with van der Waals surface area (Å²) in [6.45, 7) is 0. The molecule has 0 bridgehead atoms. The normalized spacial score (nSPS) is 25.1. The fourth-order valence-corrected chi connectivity index (χ4v) is 2.16. The first-order valence-corrected chi connectivity index (χ1v) is 5.17. The highest BCUT2D eigenvalue weighted by Gasteiger charge is 2.22. The van der Waals surface area contributed by atoms with Crippen LogP contribution in [0, 0.1) is 0 Å². The Morgan fingerprint density at radius 1 is 1.14 bits per heavy atom. The first kappa shape index (κ1) is 9.25. The third kappa shape index (κ3) is 1.79. The van der Waals surface area contributed by atoms with Crippen LogP contribution >= 0.6 is 0 Å². The highest BCUT2D eigenvalue weighted by molar-refractivity contribution is 5.91. The topological polar surface area (TPSA) is 32.6 Å². The molecule has 0 amide bonds. The first-order chi connectivity index (χ1) is 6.92. The van der Waals surface area contributed by atoms with Gasteiger partial charge in [-0.1, -0.05) is 41.9 Å². The van der Waals surface area contributed by atoms with E-state index in [-0.39, 0.29) is 0 Å². The number of nitrogens with zero attached hydrogens (tertiary/aromatic N) is 1. The van der Waals surface area contributed by atoms with Crippen LogP contribution in [0.2, 0.25) is 0 Å². The van der Waals surface area contributed by atoms with Crippen LogP contribution in [0.25, 0.3) is 0 Å². The molecular weight excluding hydrogens is 174 g/mol. The van der Waals surface area contributed by atoms with Crippen molar-refractivity contribution in [3.05, 3.63) is 35.9 Å². The number of hydrogen-bond acceptors (Lipinski definition) is 2. The molecule has 1 saturated carbocycles. The van der Waals surface area contributed by atoms with Gasteiger partial charge in [0, 0.05) is 5.92 Å². The number of hydrogen-bond donors (Lipinski definition) is 1. The summed E-state index contributed by atoms with van der Waals surface area (Å²) in [4.78, 5) is 0. The molecule has 74 valence electrons. The molecule has 14 heavy (non-hydrogen) atoms. The van der Waals surface area contributed by atoms with Gasteiger partial charge in [0.2, 0.25) is 0 Å². The summed E-state index contributed by atoms with van der Waals surface area (Å²) in [5, 5.41) is 12.3. The average Bonchev–Trinajstić information content (AvgIpc) is 2.30. The van der Waals surface area contributed by atoms with Crippen molar-refractivity contribution in [1.29, 1.82) is 0 Å². The second-order valence-corrected chi connectivity index (χ2v) is 3.80. The SMILES string of the molecule is O/N=C1\CCCCC1c1ccccc1. The van der Waals surface area contributed by atoms with Crippen molar-refractivity contribution in [2.75, 3.05) is 0 Å². The molecule has 1 aliphatic rings. The lowest BCUT2D eigenvalue weighted by molar-refractivity contribution is 0.312. The summed E-state index contributed by atoms with van der Waals surface area (Å²) in [5.41, 5.74) is 2.22. The van der Waals surface area contributed by atoms with Crippen molar-refractivity contribution in [3.63, 3.8) is 0 Å². The van der Waals surface area contributed by atoms with Gasteiger partial charge in [-0.3, -0.25) is 0 Å². The van der Waals surface area contributed by atoms with Crippen LogP contribution in [0.3, 0.4) is 0 Å². The molecule has 0 saturated heterocycles. The van der Waals surface area contributed by atoms with E-state index in [1.54, 1.807) is 0 Å². The van der Waals surface area contributed by atoms with Crippen molar-refractivity contribution in [1.82, 2.24) is 0 Å². The minimum atomic E-state index is 0.343. The molecule has 0 radical (unpaired) electrons. The second kappa shape index (κ2) is 4.27. The van der Waals surface area contributed by atoms with Crippen LogP contribution in [0.5, 0.6) is 0 Å². The van der Waals surface area contributed by atoms with Gasteiger partial charge in [0.1, 0.15) is 0 Å². The van der Waals surface area contributed by atoms with Gasteiger partial charge in [0.15, 0.2) is 0 Å². The van der Waals surface area contributed by atoms with Crippen molar-refractivity contribution < 1.29 is 5.21 Å². The standard InChI is InChI=1S/C12H15NO/c14-13-12-9-5-4-8-11(12)10-6-2-1-3-7-10/h1-3,6-7,11,14H,4-5,8-9H2/b13-12+. The molecule has 0 heterocycles. The lowest BCUT2D eigenvalue weighted by Crippen LogP contribution is -2.17. The van der Waals surface area contributed by atoms with Gasteiger partial charge in [-0.2, -0.15) is 0 Å². The Hall–Kier alpha value is -1.31. The molecule has 1 N–H and O–H groups in total. The monoisotopic (exact) mass is 189 g/mol. The Bertz CT molecular complexity index is 318. The number of benzene rings is 1. The van der Waals surface area contributed by atoms with E-state index in [0.717, 1.165) is 25.0 Å². The second-order valence-electron chi connectivity index (χ2n) is 3.80. The van der Waals surface area contributed by atoms with Gasteiger partial charge < -0.3 is 5.21 Å². The van der Waals surface area contributed by atoms with E-state index in [1.807, 2.05) is 18.2 Å². The minimum Gasteiger partial charge on any atom is -0.411 e. The Morgan fingerprint density at radius 3 is 2.64 bits per heavy atom. The molecule has 2 nitrogen and oxygen atoms in total. The molecule has 1 unspecified atom stereocenters. The van der Waals surface area contributed by atoms with Crippen LogP contribution in [0.4, 0.5) is 0 Å². The van der Waals surface area contributed by atoms with E-state index in [0.29, 0.717) is 5.92 Å².